The second-order valence-electron chi connectivity index (χ2n) is 4.21. The van der Waals surface area contributed by atoms with E-state index in [2.05, 4.69) is 37.2 Å². The Bertz CT molecular complexity index is 714. The Kier molecular flexibility index (Phi) is 5.21. The average Bonchev–Trinajstić information content (AvgIpc) is 2.47. The maximum atomic E-state index is 14.0. The van der Waals surface area contributed by atoms with Crippen molar-refractivity contribution in [2.75, 3.05) is 12.4 Å². The lowest BCUT2D eigenvalue weighted by Crippen LogP contribution is -2.04. The number of nitriles is 1. The quantitative estimate of drug-likeness (QED) is 0.779. The van der Waals surface area contributed by atoms with E-state index in [-0.39, 0.29) is 12.1 Å². The van der Waals surface area contributed by atoms with Gasteiger partial charge in [0.1, 0.15) is 17.6 Å². The van der Waals surface area contributed by atoms with Gasteiger partial charge < -0.3 is 10.1 Å². The van der Waals surface area contributed by atoms with Gasteiger partial charge in [0.05, 0.1) is 22.8 Å². The van der Waals surface area contributed by atoms with Gasteiger partial charge in [-0.1, -0.05) is 12.1 Å². The van der Waals surface area contributed by atoms with Gasteiger partial charge in [0.2, 0.25) is 0 Å². The molecule has 0 amide bonds. The van der Waals surface area contributed by atoms with Gasteiger partial charge in [-0.3, -0.25) is 0 Å². The number of halogens is 3. The van der Waals surface area contributed by atoms with Crippen molar-refractivity contribution >= 4 is 37.5 Å². The van der Waals surface area contributed by atoms with Gasteiger partial charge in [-0.05, 0) is 44.0 Å². The molecule has 0 aliphatic carbocycles. The van der Waals surface area contributed by atoms with E-state index in [0.29, 0.717) is 11.3 Å². The van der Waals surface area contributed by atoms with Crippen LogP contribution in [-0.4, -0.2) is 7.11 Å². The standard InChI is InChI=1S/C15H11Br2FN2O/c1-21-14-6-13(11(16)5-12(14)17)20-8-10-4-2-3-9(7-19)15(10)18/h2-6,20H,8H2,1H3. The molecular weight excluding hydrogens is 403 g/mol. The number of anilines is 1. The third kappa shape index (κ3) is 3.55. The molecule has 21 heavy (non-hydrogen) atoms. The van der Waals surface area contributed by atoms with Crippen LogP contribution in [0.1, 0.15) is 11.1 Å². The third-order valence-electron chi connectivity index (χ3n) is 2.91. The molecule has 1 N–H and O–H groups in total. The van der Waals surface area contributed by atoms with Gasteiger partial charge in [-0.15, -0.1) is 0 Å². The molecule has 6 heteroatoms. The molecule has 3 nitrogen and oxygen atoms in total. The lowest BCUT2D eigenvalue weighted by Gasteiger charge is -2.12. The molecule has 2 aromatic rings. The fourth-order valence-corrected chi connectivity index (χ4v) is 3.11. The zero-order chi connectivity index (χ0) is 15.4. The van der Waals surface area contributed by atoms with Crippen LogP contribution in [0.2, 0.25) is 0 Å². The molecule has 0 radical (unpaired) electrons. The number of hydrogen-bond donors (Lipinski definition) is 1. The Balaban J connectivity index is 2.23. The molecule has 0 aromatic heterocycles. The van der Waals surface area contributed by atoms with Crippen LogP contribution in [0.5, 0.6) is 5.75 Å². The molecule has 0 unspecified atom stereocenters. The highest BCUT2D eigenvalue weighted by molar-refractivity contribution is 9.11. The molecule has 2 rings (SSSR count). The van der Waals surface area contributed by atoms with E-state index in [4.69, 9.17) is 10.00 Å². The maximum absolute atomic E-state index is 14.0. The third-order valence-corrected chi connectivity index (χ3v) is 4.19. The number of nitrogens with one attached hydrogen (secondary N) is 1. The van der Waals surface area contributed by atoms with Gasteiger partial charge in [0, 0.05) is 22.6 Å². The van der Waals surface area contributed by atoms with E-state index in [0.717, 1.165) is 14.6 Å². The monoisotopic (exact) mass is 412 g/mol. The summed E-state index contributed by atoms with van der Waals surface area (Å²) in [6.07, 6.45) is 0. The molecular formula is C15H11Br2FN2O. The Labute approximate surface area is 139 Å². The van der Waals surface area contributed by atoms with E-state index in [1.807, 2.05) is 12.1 Å². The summed E-state index contributed by atoms with van der Waals surface area (Å²) < 4.78 is 20.9. The molecule has 0 saturated heterocycles. The molecule has 0 aliphatic rings. The summed E-state index contributed by atoms with van der Waals surface area (Å²) in [5.74, 6) is 0.180. The first-order valence-electron chi connectivity index (χ1n) is 6.01. The van der Waals surface area contributed by atoms with Crippen LogP contribution in [0.25, 0.3) is 0 Å². The van der Waals surface area contributed by atoms with E-state index in [9.17, 15) is 4.39 Å². The first-order valence-corrected chi connectivity index (χ1v) is 7.59. The summed E-state index contributed by atoms with van der Waals surface area (Å²) in [6, 6.07) is 10.3. The van der Waals surface area contributed by atoms with Crippen molar-refractivity contribution < 1.29 is 9.13 Å². The SMILES string of the molecule is COc1cc(NCc2cccc(C#N)c2F)c(Br)cc1Br. The highest BCUT2D eigenvalue weighted by Gasteiger charge is 2.10. The summed E-state index contributed by atoms with van der Waals surface area (Å²) in [5, 5.41) is 12.0. The normalized spacial score (nSPS) is 10.0. The molecule has 0 aliphatic heterocycles. The molecule has 108 valence electrons. The first kappa shape index (κ1) is 15.8. The second-order valence-corrected chi connectivity index (χ2v) is 5.92. The lowest BCUT2D eigenvalue weighted by atomic mass is 10.1. The molecule has 0 fully saturated rings. The topological polar surface area (TPSA) is 45.0 Å². The Morgan fingerprint density at radius 1 is 1.29 bits per heavy atom. The number of rotatable bonds is 4. The molecule has 2 aromatic carbocycles. The molecule has 0 saturated carbocycles. The van der Waals surface area contributed by atoms with Crippen molar-refractivity contribution in [3.05, 3.63) is 56.2 Å². The first-order chi connectivity index (χ1) is 10.1. The van der Waals surface area contributed by atoms with Gasteiger partial charge in [0.25, 0.3) is 0 Å². The average molecular weight is 414 g/mol. The molecule has 0 bridgehead atoms. The number of hydrogen-bond acceptors (Lipinski definition) is 3. The van der Waals surface area contributed by atoms with Crippen molar-refractivity contribution in [1.82, 2.24) is 0 Å². The van der Waals surface area contributed by atoms with Crippen LogP contribution in [-0.2, 0) is 6.54 Å². The van der Waals surface area contributed by atoms with Crippen molar-refractivity contribution in [1.29, 1.82) is 5.26 Å². The fraction of sp³-hybridized carbons (Fsp3) is 0.133. The van der Waals surface area contributed by atoms with Gasteiger partial charge >= 0.3 is 0 Å². The van der Waals surface area contributed by atoms with Gasteiger partial charge in [-0.2, -0.15) is 5.26 Å². The van der Waals surface area contributed by atoms with Gasteiger partial charge in [-0.25, -0.2) is 4.39 Å². The van der Waals surface area contributed by atoms with E-state index >= 15 is 0 Å². The lowest BCUT2D eigenvalue weighted by molar-refractivity contribution is 0.412. The van der Waals surface area contributed by atoms with Crippen LogP contribution >= 0.6 is 31.9 Å². The Hall–Kier alpha value is -1.58. The van der Waals surface area contributed by atoms with Crippen molar-refractivity contribution in [2.45, 2.75) is 6.54 Å². The molecule has 0 spiro atoms. The minimum atomic E-state index is -0.493. The minimum Gasteiger partial charge on any atom is -0.495 e. The summed E-state index contributed by atoms with van der Waals surface area (Å²) in [7, 11) is 1.58. The highest BCUT2D eigenvalue weighted by Crippen LogP contribution is 2.34. The van der Waals surface area contributed by atoms with Crippen LogP contribution < -0.4 is 10.1 Å². The van der Waals surface area contributed by atoms with Crippen molar-refractivity contribution in [3.63, 3.8) is 0 Å². The number of methoxy groups -OCH3 is 1. The van der Waals surface area contributed by atoms with Crippen molar-refractivity contribution in [2.24, 2.45) is 0 Å². The number of ether oxygens (including phenoxy) is 1. The second kappa shape index (κ2) is 6.92. The largest absolute Gasteiger partial charge is 0.495 e. The van der Waals surface area contributed by atoms with Crippen LogP contribution in [0.15, 0.2) is 39.3 Å². The van der Waals surface area contributed by atoms with Crippen LogP contribution in [0, 0.1) is 17.1 Å². The minimum absolute atomic E-state index is 0.0433. The Morgan fingerprint density at radius 3 is 2.71 bits per heavy atom. The van der Waals surface area contributed by atoms with E-state index in [1.165, 1.54) is 6.07 Å². The van der Waals surface area contributed by atoms with Crippen LogP contribution in [0.4, 0.5) is 10.1 Å². The summed E-state index contributed by atoms with van der Waals surface area (Å²) in [4.78, 5) is 0. The number of benzene rings is 2. The van der Waals surface area contributed by atoms with Crippen molar-refractivity contribution in [3.8, 4) is 11.8 Å². The summed E-state index contributed by atoms with van der Waals surface area (Å²) in [6.45, 7) is 0.269. The van der Waals surface area contributed by atoms with E-state index in [1.54, 1.807) is 25.3 Å². The molecule has 0 heterocycles. The van der Waals surface area contributed by atoms with E-state index < -0.39 is 5.82 Å². The predicted molar refractivity (Wildman–Crippen MR) is 86.8 cm³/mol. The Morgan fingerprint density at radius 2 is 2.05 bits per heavy atom. The summed E-state index contributed by atoms with van der Waals surface area (Å²) in [5.41, 5.74) is 1.25. The highest BCUT2D eigenvalue weighted by atomic mass is 79.9. The zero-order valence-corrected chi connectivity index (χ0v) is 14.3. The van der Waals surface area contributed by atoms with Gasteiger partial charge in [0.15, 0.2) is 0 Å². The molecule has 0 atom stereocenters. The maximum Gasteiger partial charge on any atom is 0.145 e. The smallest absolute Gasteiger partial charge is 0.145 e. The van der Waals surface area contributed by atoms with Crippen LogP contribution in [0.3, 0.4) is 0 Å². The summed E-state index contributed by atoms with van der Waals surface area (Å²) >= 11 is 6.83. The predicted octanol–water partition coefficient (Wildman–Crippen LogP) is 4.84. The number of nitrogens with zero attached hydrogens (tertiary/aromatic N) is 1. The zero-order valence-electron chi connectivity index (χ0n) is 11.1. The fourth-order valence-electron chi connectivity index (χ4n) is 1.81.